The van der Waals surface area contributed by atoms with Crippen LogP contribution in [0.4, 0.5) is 16.0 Å². The van der Waals surface area contributed by atoms with E-state index in [-0.39, 0.29) is 5.82 Å². The van der Waals surface area contributed by atoms with Crippen molar-refractivity contribution in [2.45, 2.75) is 6.42 Å². The third-order valence-electron chi connectivity index (χ3n) is 3.44. The number of halogens is 1. The van der Waals surface area contributed by atoms with Crippen molar-refractivity contribution in [1.82, 2.24) is 15.0 Å². The molecule has 3 rings (SSSR count). The van der Waals surface area contributed by atoms with Gasteiger partial charge in [-0.2, -0.15) is 0 Å². The number of benzene rings is 1. The third kappa shape index (κ3) is 4.05. The first-order valence-corrected chi connectivity index (χ1v) is 8.43. The van der Waals surface area contributed by atoms with E-state index in [0.717, 1.165) is 40.9 Å². The van der Waals surface area contributed by atoms with E-state index >= 15 is 0 Å². The lowest BCUT2D eigenvalue weighted by Crippen LogP contribution is -2.12. The van der Waals surface area contributed by atoms with E-state index in [4.69, 9.17) is 0 Å². The van der Waals surface area contributed by atoms with Gasteiger partial charge in [0.25, 0.3) is 0 Å². The largest absolute Gasteiger partial charge is 0.370 e. The maximum Gasteiger partial charge on any atom is 0.133 e. The monoisotopic (exact) mass is 343 g/mol. The fourth-order valence-electron chi connectivity index (χ4n) is 2.15. The second-order valence-electron chi connectivity index (χ2n) is 5.48. The van der Waals surface area contributed by atoms with Crippen molar-refractivity contribution in [3.8, 4) is 10.6 Å². The van der Waals surface area contributed by atoms with Crippen molar-refractivity contribution in [2.24, 2.45) is 0 Å². The van der Waals surface area contributed by atoms with Gasteiger partial charge in [-0.05, 0) is 24.3 Å². The molecular weight excluding hydrogens is 325 g/mol. The summed E-state index contributed by atoms with van der Waals surface area (Å²) in [6.45, 7) is 0.733. The number of aromatic nitrogens is 3. The van der Waals surface area contributed by atoms with E-state index in [0.29, 0.717) is 0 Å². The van der Waals surface area contributed by atoms with Crippen LogP contribution in [0.2, 0.25) is 0 Å². The highest BCUT2D eigenvalue weighted by atomic mass is 32.1. The Morgan fingerprint density at radius 3 is 2.71 bits per heavy atom. The molecule has 1 N–H and O–H groups in total. The Hall–Kier alpha value is -2.54. The quantitative estimate of drug-likeness (QED) is 0.743. The molecule has 124 valence electrons. The zero-order valence-corrected chi connectivity index (χ0v) is 14.3. The second-order valence-corrected chi connectivity index (χ2v) is 6.34. The molecule has 5 nitrogen and oxygen atoms in total. The Labute approximate surface area is 144 Å². The highest BCUT2D eigenvalue weighted by Crippen LogP contribution is 2.24. The lowest BCUT2D eigenvalue weighted by molar-refractivity contribution is 0.628. The van der Waals surface area contributed by atoms with Gasteiger partial charge in [0, 0.05) is 44.1 Å². The average Bonchev–Trinajstić information content (AvgIpc) is 3.05. The number of rotatable bonds is 6. The molecule has 2 aromatic heterocycles. The van der Waals surface area contributed by atoms with Crippen LogP contribution < -0.4 is 10.2 Å². The molecule has 0 aliphatic heterocycles. The fraction of sp³-hybridized carbons (Fsp3) is 0.235. The van der Waals surface area contributed by atoms with Crippen LogP contribution in [0.5, 0.6) is 0 Å². The van der Waals surface area contributed by atoms with Crippen molar-refractivity contribution in [3.05, 3.63) is 53.6 Å². The van der Waals surface area contributed by atoms with Crippen LogP contribution >= 0.6 is 11.3 Å². The first-order valence-electron chi connectivity index (χ1n) is 7.55. The van der Waals surface area contributed by atoms with Crippen molar-refractivity contribution in [1.29, 1.82) is 0 Å². The molecule has 1 aromatic carbocycles. The summed E-state index contributed by atoms with van der Waals surface area (Å²) >= 11 is 1.57. The van der Waals surface area contributed by atoms with E-state index in [1.54, 1.807) is 29.8 Å². The molecule has 7 heteroatoms. The minimum absolute atomic E-state index is 0.235. The Morgan fingerprint density at radius 1 is 1.17 bits per heavy atom. The van der Waals surface area contributed by atoms with Crippen LogP contribution in [-0.2, 0) is 6.42 Å². The standard InChI is InChI=1S/C17H18FN5S/c1-23(2)16-9-15(20-11-21-16)19-8-7-14-10-24-17(22-14)12-3-5-13(18)6-4-12/h3-6,9-11H,7-8H2,1-2H3,(H,19,20,21). The fourth-order valence-corrected chi connectivity index (χ4v) is 3.01. The molecule has 24 heavy (non-hydrogen) atoms. The summed E-state index contributed by atoms with van der Waals surface area (Å²) in [7, 11) is 3.89. The molecule has 0 bridgehead atoms. The maximum atomic E-state index is 13.0. The molecule has 0 fully saturated rings. The molecule has 0 aliphatic rings. The third-order valence-corrected chi connectivity index (χ3v) is 4.38. The summed E-state index contributed by atoms with van der Waals surface area (Å²) in [5.41, 5.74) is 1.95. The van der Waals surface area contributed by atoms with E-state index in [1.165, 1.54) is 12.1 Å². The van der Waals surface area contributed by atoms with Crippen molar-refractivity contribution in [2.75, 3.05) is 30.9 Å². The zero-order valence-electron chi connectivity index (χ0n) is 13.5. The SMILES string of the molecule is CN(C)c1cc(NCCc2csc(-c3ccc(F)cc3)n2)ncn1. The molecule has 0 amide bonds. The van der Waals surface area contributed by atoms with Crippen LogP contribution in [-0.4, -0.2) is 35.6 Å². The molecule has 0 atom stereocenters. The number of thiazole rings is 1. The minimum atomic E-state index is -0.235. The van der Waals surface area contributed by atoms with Gasteiger partial charge in [-0.1, -0.05) is 0 Å². The number of hydrogen-bond acceptors (Lipinski definition) is 6. The molecule has 0 unspecified atom stereocenters. The van der Waals surface area contributed by atoms with Crippen LogP contribution in [0.25, 0.3) is 10.6 Å². The highest BCUT2D eigenvalue weighted by molar-refractivity contribution is 7.13. The van der Waals surface area contributed by atoms with Crippen LogP contribution in [0.1, 0.15) is 5.69 Å². The molecule has 0 spiro atoms. The second kappa shape index (κ2) is 7.35. The summed E-state index contributed by atoms with van der Waals surface area (Å²) in [6, 6.07) is 8.32. The van der Waals surface area contributed by atoms with Crippen molar-refractivity contribution < 1.29 is 4.39 Å². The van der Waals surface area contributed by atoms with Gasteiger partial charge < -0.3 is 10.2 Å². The van der Waals surface area contributed by atoms with Gasteiger partial charge in [0.05, 0.1) is 5.69 Å². The molecule has 0 aliphatic carbocycles. The minimum Gasteiger partial charge on any atom is -0.370 e. The number of nitrogens with zero attached hydrogens (tertiary/aromatic N) is 4. The topological polar surface area (TPSA) is 53.9 Å². The van der Waals surface area contributed by atoms with E-state index in [2.05, 4.69) is 20.3 Å². The Morgan fingerprint density at radius 2 is 1.96 bits per heavy atom. The van der Waals surface area contributed by atoms with Gasteiger partial charge in [0.15, 0.2) is 0 Å². The summed E-state index contributed by atoms with van der Waals surface area (Å²) in [5, 5.41) is 6.22. The number of nitrogens with one attached hydrogen (secondary N) is 1. The normalized spacial score (nSPS) is 10.6. The Kier molecular flexibility index (Phi) is 5.00. The van der Waals surface area contributed by atoms with Crippen molar-refractivity contribution >= 4 is 23.0 Å². The highest BCUT2D eigenvalue weighted by Gasteiger charge is 2.06. The lowest BCUT2D eigenvalue weighted by atomic mass is 10.2. The zero-order chi connectivity index (χ0) is 16.9. The molecule has 2 heterocycles. The first-order chi connectivity index (χ1) is 11.6. The lowest BCUT2D eigenvalue weighted by Gasteiger charge is -2.12. The molecule has 0 radical (unpaired) electrons. The Balaban J connectivity index is 1.58. The van der Waals surface area contributed by atoms with E-state index < -0.39 is 0 Å². The van der Waals surface area contributed by atoms with Gasteiger partial charge >= 0.3 is 0 Å². The summed E-state index contributed by atoms with van der Waals surface area (Å²) in [5.74, 6) is 1.42. The molecule has 3 aromatic rings. The number of anilines is 2. The molecule has 0 saturated heterocycles. The summed E-state index contributed by atoms with van der Waals surface area (Å²) in [6.07, 6.45) is 2.34. The number of hydrogen-bond donors (Lipinski definition) is 1. The Bertz CT molecular complexity index is 801. The van der Waals surface area contributed by atoms with Crippen molar-refractivity contribution in [3.63, 3.8) is 0 Å². The summed E-state index contributed by atoms with van der Waals surface area (Å²) in [4.78, 5) is 14.9. The van der Waals surface area contributed by atoms with Gasteiger partial charge in [0.1, 0.15) is 28.8 Å². The molecular formula is C17H18FN5S. The van der Waals surface area contributed by atoms with E-state index in [9.17, 15) is 4.39 Å². The predicted molar refractivity (Wildman–Crippen MR) is 96.1 cm³/mol. The van der Waals surface area contributed by atoms with Crippen LogP contribution in [0, 0.1) is 5.82 Å². The smallest absolute Gasteiger partial charge is 0.133 e. The van der Waals surface area contributed by atoms with Gasteiger partial charge in [-0.3, -0.25) is 0 Å². The predicted octanol–water partition coefficient (Wildman–Crippen LogP) is 3.46. The molecule has 0 saturated carbocycles. The van der Waals surface area contributed by atoms with Gasteiger partial charge in [-0.15, -0.1) is 11.3 Å². The van der Waals surface area contributed by atoms with E-state index in [1.807, 2.05) is 30.4 Å². The van der Waals surface area contributed by atoms with Crippen LogP contribution in [0.3, 0.4) is 0 Å². The summed E-state index contributed by atoms with van der Waals surface area (Å²) < 4.78 is 13.0. The first kappa shape index (κ1) is 16.3. The van der Waals surface area contributed by atoms with Crippen LogP contribution in [0.15, 0.2) is 42.0 Å². The van der Waals surface area contributed by atoms with Gasteiger partial charge in [0.2, 0.25) is 0 Å². The average molecular weight is 343 g/mol. The maximum absolute atomic E-state index is 13.0. The van der Waals surface area contributed by atoms with Gasteiger partial charge in [-0.25, -0.2) is 19.3 Å².